The number of carbonyl (C=O) groups is 1. The Hall–Kier alpha value is -2.24. The van der Waals surface area contributed by atoms with Gasteiger partial charge in [0.1, 0.15) is 0 Å². The predicted molar refractivity (Wildman–Crippen MR) is 132 cm³/mol. The number of aliphatic hydroxyl groups is 1. The normalized spacial score (nSPS) is 15.9. The molecule has 1 atom stereocenters. The number of carboxylic acids is 1. The van der Waals surface area contributed by atoms with Crippen molar-refractivity contribution in [2.45, 2.75) is 76.9 Å². The van der Waals surface area contributed by atoms with Crippen LogP contribution in [-0.2, 0) is 4.79 Å². The molecule has 1 saturated carbocycles. The third-order valence-corrected chi connectivity index (χ3v) is 6.33. The minimum absolute atomic E-state index is 0.0791. The minimum Gasteiger partial charge on any atom is -0.481 e. The van der Waals surface area contributed by atoms with Crippen molar-refractivity contribution in [3.63, 3.8) is 0 Å². The van der Waals surface area contributed by atoms with Gasteiger partial charge in [-0.05, 0) is 74.6 Å². The van der Waals surface area contributed by atoms with Crippen LogP contribution >= 0.6 is 11.6 Å². The summed E-state index contributed by atoms with van der Waals surface area (Å²) < 4.78 is 0. The molecule has 0 aliphatic heterocycles. The molecule has 3 rings (SSSR count). The molecule has 1 unspecified atom stereocenters. The molecule has 32 heavy (non-hydrogen) atoms. The highest BCUT2D eigenvalue weighted by molar-refractivity contribution is 6.30. The zero-order valence-corrected chi connectivity index (χ0v) is 20.0. The minimum atomic E-state index is -0.843. The molecule has 0 radical (unpaired) electrons. The van der Waals surface area contributed by atoms with Gasteiger partial charge in [0.2, 0.25) is 0 Å². The number of aliphatic carboxylic acids is 1. The summed E-state index contributed by atoms with van der Waals surface area (Å²) in [7, 11) is 0. The molecule has 2 aromatic carbocycles. The van der Waals surface area contributed by atoms with E-state index < -0.39 is 11.6 Å². The molecular formula is C26H35ClN2O3. The molecule has 1 aliphatic rings. The second kappa shape index (κ2) is 10.6. The molecule has 3 N–H and O–H groups in total. The van der Waals surface area contributed by atoms with Crippen molar-refractivity contribution >= 4 is 34.6 Å². The fourth-order valence-corrected chi connectivity index (χ4v) is 4.63. The first-order valence-electron chi connectivity index (χ1n) is 11.5. The summed E-state index contributed by atoms with van der Waals surface area (Å²) in [6.07, 6.45) is 5.94. The SMILES string of the molecule is CC(CC(=O)O)c1ccc(N(CC(C)(C)O)C2CCCCC2)c(Nc2ccc(Cl)cc2)c1. The smallest absolute Gasteiger partial charge is 0.303 e. The van der Waals surface area contributed by atoms with Crippen molar-refractivity contribution in [3.05, 3.63) is 53.1 Å². The fourth-order valence-electron chi connectivity index (χ4n) is 4.50. The maximum Gasteiger partial charge on any atom is 0.303 e. The number of hydrogen-bond acceptors (Lipinski definition) is 4. The Kier molecular flexibility index (Phi) is 8.07. The molecule has 0 bridgehead atoms. The lowest BCUT2D eigenvalue weighted by Crippen LogP contribution is -2.45. The number of nitrogens with one attached hydrogen (secondary N) is 1. The van der Waals surface area contributed by atoms with E-state index >= 15 is 0 Å². The number of benzene rings is 2. The van der Waals surface area contributed by atoms with E-state index in [9.17, 15) is 15.0 Å². The van der Waals surface area contributed by atoms with Crippen LogP contribution in [0.25, 0.3) is 0 Å². The quantitative estimate of drug-likeness (QED) is 0.396. The lowest BCUT2D eigenvalue weighted by atomic mass is 9.91. The maximum atomic E-state index is 11.3. The summed E-state index contributed by atoms with van der Waals surface area (Å²) in [4.78, 5) is 13.6. The average Bonchev–Trinajstić information content (AvgIpc) is 2.73. The standard InChI is InChI=1S/C26H35ClN2O3/c1-18(15-25(30)31)19-9-14-24(23(16-19)28-21-12-10-20(27)11-13-21)29(17-26(2,3)32)22-7-5-4-6-8-22/h9-14,16,18,22,28,32H,4-8,15,17H2,1-3H3,(H,30,31). The van der Waals surface area contributed by atoms with Gasteiger partial charge in [0.05, 0.1) is 23.4 Å². The van der Waals surface area contributed by atoms with Crippen molar-refractivity contribution < 1.29 is 15.0 Å². The van der Waals surface area contributed by atoms with Crippen LogP contribution in [0.2, 0.25) is 5.02 Å². The maximum absolute atomic E-state index is 11.3. The van der Waals surface area contributed by atoms with E-state index in [0.29, 0.717) is 17.6 Å². The van der Waals surface area contributed by atoms with Gasteiger partial charge in [-0.15, -0.1) is 0 Å². The highest BCUT2D eigenvalue weighted by atomic mass is 35.5. The Labute approximate surface area is 196 Å². The number of anilines is 3. The third-order valence-electron chi connectivity index (χ3n) is 6.08. The van der Waals surface area contributed by atoms with E-state index in [1.807, 2.05) is 51.1 Å². The first-order valence-corrected chi connectivity index (χ1v) is 11.9. The Morgan fingerprint density at radius 2 is 1.81 bits per heavy atom. The number of hydrogen-bond donors (Lipinski definition) is 3. The lowest BCUT2D eigenvalue weighted by molar-refractivity contribution is -0.137. The van der Waals surface area contributed by atoms with Gasteiger partial charge in [0, 0.05) is 23.3 Å². The van der Waals surface area contributed by atoms with Crippen LogP contribution in [0.3, 0.4) is 0 Å². The van der Waals surface area contributed by atoms with Gasteiger partial charge in [-0.2, -0.15) is 0 Å². The number of carboxylic acid groups (broad SMARTS) is 1. The van der Waals surface area contributed by atoms with Gasteiger partial charge in [-0.1, -0.05) is 43.9 Å². The van der Waals surface area contributed by atoms with Gasteiger partial charge in [-0.3, -0.25) is 4.79 Å². The molecule has 0 spiro atoms. The van der Waals surface area contributed by atoms with E-state index in [0.717, 1.165) is 35.5 Å². The van der Waals surface area contributed by atoms with Crippen molar-refractivity contribution in [3.8, 4) is 0 Å². The summed E-state index contributed by atoms with van der Waals surface area (Å²) in [5.41, 5.74) is 2.98. The predicted octanol–water partition coefficient (Wildman–Crippen LogP) is 6.57. The third kappa shape index (κ3) is 6.88. The molecule has 2 aromatic rings. The molecule has 5 nitrogen and oxygen atoms in total. The highest BCUT2D eigenvalue weighted by Gasteiger charge is 2.28. The second-order valence-corrected chi connectivity index (χ2v) is 10.1. The van der Waals surface area contributed by atoms with Crippen LogP contribution in [0.15, 0.2) is 42.5 Å². The number of halogens is 1. The Morgan fingerprint density at radius 3 is 2.41 bits per heavy atom. The zero-order chi connectivity index (χ0) is 23.3. The first kappa shape index (κ1) is 24.4. The van der Waals surface area contributed by atoms with Crippen molar-refractivity contribution in [2.75, 3.05) is 16.8 Å². The van der Waals surface area contributed by atoms with E-state index in [-0.39, 0.29) is 12.3 Å². The molecular weight excluding hydrogens is 424 g/mol. The highest BCUT2D eigenvalue weighted by Crippen LogP contribution is 2.37. The molecule has 0 saturated heterocycles. The van der Waals surface area contributed by atoms with Gasteiger partial charge >= 0.3 is 5.97 Å². The lowest BCUT2D eigenvalue weighted by Gasteiger charge is -2.40. The summed E-state index contributed by atoms with van der Waals surface area (Å²) in [6.45, 7) is 6.15. The van der Waals surface area contributed by atoms with Crippen molar-refractivity contribution in [1.29, 1.82) is 0 Å². The number of nitrogens with zero attached hydrogens (tertiary/aromatic N) is 1. The van der Waals surface area contributed by atoms with Crippen molar-refractivity contribution in [1.82, 2.24) is 0 Å². The topological polar surface area (TPSA) is 72.8 Å². The van der Waals surface area contributed by atoms with Gasteiger partial charge in [0.25, 0.3) is 0 Å². The number of rotatable bonds is 9. The molecule has 174 valence electrons. The van der Waals surface area contributed by atoms with Crippen LogP contribution in [0.5, 0.6) is 0 Å². The molecule has 1 aliphatic carbocycles. The van der Waals surface area contributed by atoms with E-state index in [2.05, 4.69) is 22.3 Å². The largest absolute Gasteiger partial charge is 0.481 e. The average molecular weight is 459 g/mol. The first-order chi connectivity index (χ1) is 15.1. The summed E-state index contributed by atoms with van der Waals surface area (Å²) in [5, 5.41) is 24.1. The Bertz CT molecular complexity index is 902. The van der Waals surface area contributed by atoms with Crippen LogP contribution in [-0.4, -0.2) is 34.4 Å². The van der Waals surface area contributed by atoms with Gasteiger partial charge in [-0.25, -0.2) is 0 Å². The molecule has 6 heteroatoms. The Morgan fingerprint density at radius 1 is 1.16 bits per heavy atom. The summed E-state index contributed by atoms with van der Waals surface area (Å²) in [6, 6.07) is 14.1. The molecule has 1 fully saturated rings. The molecule has 0 amide bonds. The van der Waals surface area contributed by atoms with E-state index in [4.69, 9.17) is 11.6 Å². The summed E-state index contributed by atoms with van der Waals surface area (Å²) in [5.74, 6) is -0.913. The van der Waals surface area contributed by atoms with Crippen LogP contribution in [0.4, 0.5) is 17.1 Å². The Balaban J connectivity index is 2.03. The van der Waals surface area contributed by atoms with Crippen LogP contribution in [0, 0.1) is 0 Å². The fraction of sp³-hybridized carbons (Fsp3) is 0.500. The summed E-state index contributed by atoms with van der Waals surface area (Å²) >= 11 is 6.07. The van der Waals surface area contributed by atoms with E-state index in [1.165, 1.54) is 19.3 Å². The zero-order valence-electron chi connectivity index (χ0n) is 19.3. The van der Waals surface area contributed by atoms with Crippen LogP contribution < -0.4 is 10.2 Å². The van der Waals surface area contributed by atoms with Gasteiger partial charge < -0.3 is 20.4 Å². The van der Waals surface area contributed by atoms with Crippen LogP contribution in [0.1, 0.15) is 70.8 Å². The monoisotopic (exact) mass is 458 g/mol. The van der Waals surface area contributed by atoms with Crippen molar-refractivity contribution in [2.24, 2.45) is 0 Å². The molecule has 0 aromatic heterocycles. The van der Waals surface area contributed by atoms with E-state index in [1.54, 1.807) is 0 Å². The molecule has 0 heterocycles. The second-order valence-electron chi connectivity index (χ2n) is 9.64. The van der Waals surface area contributed by atoms with Gasteiger partial charge in [0.15, 0.2) is 0 Å².